The second-order valence-corrected chi connectivity index (χ2v) is 9.46. The Morgan fingerprint density at radius 2 is 1.19 bits per heavy atom. The van der Waals surface area contributed by atoms with Crippen molar-refractivity contribution >= 4 is 46.8 Å². The normalized spacial score (nSPS) is 11.5. The molecule has 0 spiro atoms. The molecule has 0 bridgehead atoms. The second-order valence-electron chi connectivity index (χ2n) is 6.84. The number of rotatable bonds is 5. The van der Waals surface area contributed by atoms with Crippen molar-refractivity contribution in [3.8, 4) is 0 Å². The molecule has 0 aliphatic heterocycles. The predicted molar refractivity (Wildman–Crippen MR) is 125 cm³/mol. The summed E-state index contributed by atoms with van der Waals surface area (Å²) in [6.45, 7) is 0. The van der Waals surface area contributed by atoms with E-state index in [0.29, 0.717) is 16.0 Å². The Bertz CT molecular complexity index is 1110. The first kappa shape index (κ1) is 21.4. The molecule has 0 amide bonds. The average Bonchev–Trinajstić information content (AvgIpc) is 2.77. The Hall–Kier alpha value is -2.81. The molecule has 0 saturated carbocycles. The van der Waals surface area contributed by atoms with E-state index in [1.807, 2.05) is 60.7 Å². The molecular weight excluding hydrogens is 438 g/mol. The van der Waals surface area contributed by atoms with Crippen LogP contribution in [-0.2, 0) is 6.18 Å². The summed E-state index contributed by atoms with van der Waals surface area (Å²) < 4.78 is 42.0. The number of anilines is 2. The molecule has 156 valence electrons. The van der Waals surface area contributed by atoms with E-state index in [1.165, 1.54) is 6.07 Å². The number of para-hydroxylation sites is 1. The maximum absolute atomic E-state index is 14.0. The first-order chi connectivity index (χ1) is 14.9. The molecular formula is C25H18ClF3NP. The van der Waals surface area contributed by atoms with Crippen LogP contribution in [0.1, 0.15) is 5.56 Å². The van der Waals surface area contributed by atoms with E-state index in [2.05, 4.69) is 5.32 Å². The number of hydrogen-bond donors (Lipinski definition) is 1. The molecule has 0 heterocycles. The third-order valence-corrected chi connectivity index (χ3v) is 7.47. The van der Waals surface area contributed by atoms with E-state index in [9.17, 15) is 13.2 Å². The van der Waals surface area contributed by atoms with Crippen molar-refractivity contribution in [3.63, 3.8) is 0 Å². The Balaban J connectivity index is 1.94. The minimum absolute atomic E-state index is 0.0659. The van der Waals surface area contributed by atoms with Crippen LogP contribution >= 0.6 is 19.5 Å². The largest absolute Gasteiger partial charge is 0.418 e. The lowest BCUT2D eigenvalue weighted by atomic mass is 10.1. The van der Waals surface area contributed by atoms with Crippen molar-refractivity contribution in [2.75, 3.05) is 5.32 Å². The molecule has 31 heavy (non-hydrogen) atoms. The summed E-state index contributed by atoms with van der Waals surface area (Å²) >= 11 is 5.96. The fraction of sp³-hybridized carbons (Fsp3) is 0.0400. The SMILES string of the molecule is FC(F)(F)c1cccc(P(c2ccccc2)c2ccccc2)c1Nc1ccc(Cl)cc1. The number of hydrogen-bond acceptors (Lipinski definition) is 1. The van der Waals surface area contributed by atoms with Gasteiger partial charge in [0.25, 0.3) is 0 Å². The molecule has 6 heteroatoms. The van der Waals surface area contributed by atoms with Crippen molar-refractivity contribution in [1.29, 1.82) is 0 Å². The van der Waals surface area contributed by atoms with Gasteiger partial charge in [0.2, 0.25) is 0 Å². The van der Waals surface area contributed by atoms with Crippen LogP contribution in [0.4, 0.5) is 24.5 Å². The lowest BCUT2D eigenvalue weighted by Gasteiger charge is -2.25. The van der Waals surface area contributed by atoms with E-state index >= 15 is 0 Å². The minimum Gasteiger partial charge on any atom is -0.354 e. The highest BCUT2D eigenvalue weighted by Crippen LogP contribution is 2.42. The Kier molecular flexibility index (Phi) is 6.31. The molecule has 0 atom stereocenters. The smallest absolute Gasteiger partial charge is 0.354 e. The molecule has 0 aliphatic rings. The van der Waals surface area contributed by atoms with E-state index in [4.69, 9.17) is 11.6 Å². The number of nitrogens with one attached hydrogen (secondary N) is 1. The third-order valence-electron chi connectivity index (χ3n) is 4.73. The molecule has 0 aliphatic carbocycles. The zero-order chi connectivity index (χ0) is 21.8. The van der Waals surface area contributed by atoms with Crippen LogP contribution in [0.5, 0.6) is 0 Å². The quantitative estimate of drug-likeness (QED) is 0.324. The Labute approximate surface area is 185 Å². The van der Waals surface area contributed by atoms with Gasteiger partial charge < -0.3 is 5.32 Å². The van der Waals surface area contributed by atoms with Gasteiger partial charge in [-0.1, -0.05) is 84.4 Å². The molecule has 4 aromatic rings. The summed E-state index contributed by atoms with van der Waals surface area (Å²) in [7, 11) is -1.22. The molecule has 0 aromatic heterocycles. The van der Waals surface area contributed by atoms with Gasteiger partial charge in [-0.25, -0.2) is 0 Å². The van der Waals surface area contributed by atoms with Crippen molar-refractivity contribution < 1.29 is 13.2 Å². The monoisotopic (exact) mass is 455 g/mol. The van der Waals surface area contributed by atoms with Gasteiger partial charge in [0.15, 0.2) is 0 Å². The number of alkyl halides is 3. The van der Waals surface area contributed by atoms with Crippen LogP contribution in [0.25, 0.3) is 0 Å². The first-order valence-electron chi connectivity index (χ1n) is 9.56. The van der Waals surface area contributed by atoms with Crippen molar-refractivity contribution in [1.82, 2.24) is 0 Å². The summed E-state index contributed by atoms with van der Waals surface area (Å²) in [6, 6.07) is 30.3. The third kappa shape index (κ3) is 4.92. The van der Waals surface area contributed by atoms with Crippen LogP contribution in [0.15, 0.2) is 103 Å². The summed E-state index contributed by atoms with van der Waals surface area (Å²) in [4.78, 5) is 0. The first-order valence-corrected chi connectivity index (χ1v) is 11.3. The number of benzene rings is 4. The summed E-state index contributed by atoms with van der Waals surface area (Å²) in [6.07, 6.45) is -4.50. The molecule has 0 fully saturated rings. The Morgan fingerprint density at radius 1 is 0.645 bits per heavy atom. The fourth-order valence-corrected chi connectivity index (χ4v) is 5.91. The lowest BCUT2D eigenvalue weighted by molar-refractivity contribution is -0.136. The van der Waals surface area contributed by atoms with Gasteiger partial charge in [0, 0.05) is 16.0 Å². The van der Waals surface area contributed by atoms with Crippen LogP contribution in [-0.4, -0.2) is 0 Å². The van der Waals surface area contributed by atoms with Crippen LogP contribution in [0.3, 0.4) is 0 Å². The van der Waals surface area contributed by atoms with Crippen molar-refractivity contribution in [2.45, 2.75) is 6.18 Å². The van der Waals surface area contributed by atoms with Gasteiger partial charge in [0.1, 0.15) is 0 Å². The van der Waals surface area contributed by atoms with Crippen LogP contribution in [0, 0.1) is 0 Å². The van der Waals surface area contributed by atoms with E-state index < -0.39 is 19.7 Å². The molecule has 1 nitrogen and oxygen atoms in total. The molecule has 4 rings (SSSR count). The molecule has 4 aromatic carbocycles. The summed E-state index contributed by atoms with van der Waals surface area (Å²) in [5, 5.41) is 6.11. The standard InChI is InChI=1S/C25H18ClF3NP/c26-18-14-16-19(17-15-18)30-24-22(25(27,28)29)12-7-13-23(24)31(20-8-3-1-4-9-20)21-10-5-2-6-11-21/h1-17,30H. The molecule has 0 radical (unpaired) electrons. The minimum atomic E-state index is -4.50. The van der Waals surface area contributed by atoms with E-state index in [0.717, 1.165) is 16.7 Å². The van der Waals surface area contributed by atoms with Gasteiger partial charge in [-0.3, -0.25) is 0 Å². The van der Waals surface area contributed by atoms with Crippen molar-refractivity contribution in [3.05, 3.63) is 114 Å². The van der Waals surface area contributed by atoms with Crippen LogP contribution < -0.4 is 21.2 Å². The van der Waals surface area contributed by atoms with E-state index in [-0.39, 0.29) is 5.69 Å². The van der Waals surface area contributed by atoms with Gasteiger partial charge >= 0.3 is 6.18 Å². The topological polar surface area (TPSA) is 12.0 Å². The van der Waals surface area contributed by atoms with Crippen molar-refractivity contribution in [2.24, 2.45) is 0 Å². The van der Waals surface area contributed by atoms with Gasteiger partial charge in [-0.15, -0.1) is 0 Å². The molecule has 0 saturated heterocycles. The highest BCUT2D eigenvalue weighted by Gasteiger charge is 2.36. The lowest BCUT2D eigenvalue weighted by Crippen LogP contribution is -2.25. The second kappa shape index (κ2) is 9.13. The van der Waals surface area contributed by atoms with Gasteiger partial charge in [-0.05, 0) is 48.9 Å². The fourth-order valence-electron chi connectivity index (χ4n) is 3.35. The van der Waals surface area contributed by atoms with Gasteiger partial charge in [0.05, 0.1) is 11.3 Å². The summed E-state index contributed by atoms with van der Waals surface area (Å²) in [5.41, 5.74) is -0.0890. The highest BCUT2D eigenvalue weighted by atomic mass is 35.5. The van der Waals surface area contributed by atoms with Gasteiger partial charge in [-0.2, -0.15) is 13.2 Å². The average molecular weight is 456 g/mol. The Morgan fingerprint density at radius 3 is 1.71 bits per heavy atom. The number of halogens is 4. The summed E-state index contributed by atoms with van der Waals surface area (Å²) in [5.74, 6) is 0. The zero-order valence-corrected chi connectivity index (χ0v) is 17.9. The zero-order valence-electron chi connectivity index (χ0n) is 16.3. The van der Waals surface area contributed by atoms with E-state index in [1.54, 1.807) is 30.3 Å². The predicted octanol–water partition coefficient (Wildman–Crippen LogP) is 6.86. The highest BCUT2D eigenvalue weighted by molar-refractivity contribution is 7.80. The maximum atomic E-state index is 14.0. The molecule has 1 N–H and O–H groups in total. The maximum Gasteiger partial charge on any atom is 0.418 e. The molecule has 0 unspecified atom stereocenters. The van der Waals surface area contributed by atoms with Crippen LogP contribution in [0.2, 0.25) is 5.02 Å².